The Labute approximate surface area is 152 Å². The Morgan fingerprint density at radius 1 is 0.920 bits per heavy atom. The van der Waals surface area contributed by atoms with Crippen molar-refractivity contribution in [2.75, 3.05) is 13.1 Å². The molecule has 0 aromatic heterocycles. The molecule has 1 aliphatic heterocycles. The first-order valence-corrected chi connectivity index (χ1v) is 10.9. The minimum absolute atomic E-state index is 0.0492. The summed E-state index contributed by atoms with van der Waals surface area (Å²) in [5.74, 6) is 0. The maximum Gasteiger partial charge on any atom is 0.236 e. The van der Waals surface area contributed by atoms with Gasteiger partial charge in [-0.15, -0.1) is 0 Å². The summed E-state index contributed by atoms with van der Waals surface area (Å²) in [5, 5.41) is 0.810. The third-order valence-corrected chi connectivity index (χ3v) is 7.84. The van der Waals surface area contributed by atoms with Crippen LogP contribution >= 0.6 is 11.6 Å². The molecule has 132 valence electrons. The number of hydrogen-bond donors (Lipinski definition) is 0. The molecule has 1 fully saturated rings. The van der Waals surface area contributed by atoms with Gasteiger partial charge < -0.3 is 0 Å². The van der Waals surface area contributed by atoms with Crippen molar-refractivity contribution < 1.29 is 16.8 Å². The third-order valence-electron chi connectivity index (χ3n) is 3.99. The fraction of sp³-hybridized carbons (Fsp3) is 0.176. The number of sulfonamides is 1. The van der Waals surface area contributed by atoms with E-state index in [1.54, 1.807) is 12.1 Å². The summed E-state index contributed by atoms with van der Waals surface area (Å²) in [5.41, 5.74) is 0.761. The van der Waals surface area contributed by atoms with Gasteiger partial charge in [0, 0.05) is 23.5 Å². The normalized spacial score (nSPS) is 16.8. The molecule has 5 nitrogen and oxygen atoms in total. The van der Waals surface area contributed by atoms with Crippen molar-refractivity contribution in [2.45, 2.75) is 10.1 Å². The quantitative estimate of drug-likeness (QED) is 0.777. The second kappa shape index (κ2) is 6.92. The largest absolute Gasteiger partial charge is 0.236 e. The van der Waals surface area contributed by atoms with Gasteiger partial charge in [0.15, 0.2) is 9.84 Å². The van der Waals surface area contributed by atoms with Gasteiger partial charge in [-0.1, -0.05) is 41.9 Å². The van der Waals surface area contributed by atoms with Crippen molar-refractivity contribution in [3.8, 4) is 0 Å². The van der Waals surface area contributed by atoms with Gasteiger partial charge in [0.1, 0.15) is 0 Å². The van der Waals surface area contributed by atoms with Crippen LogP contribution in [0.25, 0.3) is 6.08 Å². The monoisotopic (exact) mass is 397 g/mol. The molecule has 0 N–H and O–H groups in total. The highest BCUT2D eigenvalue weighted by Crippen LogP contribution is 2.27. The van der Waals surface area contributed by atoms with Gasteiger partial charge >= 0.3 is 0 Å². The third kappa shape index (κ3) is 3.95. The minimum atomic E-state index is -3.64. The van der Waals surface area contributed by atoms with Crippen LogP contribution in [0.1, 0.15) is 5.56 Å². The molecule has 0 bridgehead atoms. The molecule has 1 saturated heterocycles. The van der Waals surface area contributed by atoms with Crippen molar-refractivity contribution in [3.63, 3.8) is 0 Å². The van der Waals surface area contributed by atoms with Crippen LogP contribution < -0.4 is 0 Å². The molecule has 0 unspecified atom stereocenters. The summed E-state index contributed by atoms with van der Waals surface area (Å²) < 4.78 is 50.7. The molecule has 0 aliphatic carbocycles. The lowest BCUT2D eigenvalue weighted by Gasteiger charge is -2.36. The lowest BCUT2D eigenvalue weighted by Crippen LogP contribution is -2.56. The van der Waals surface area contributed by atoms with E-state index < -0.39 is 25.1 Å². The van der Waals surface area contributed by atoms with Gasteiger partial charge in [0.25, 0.3) is 0 Å². The molecule has 0 saturated carbocycles. The maximum atomic E-state index is 12.5. The van der Waals surface area contributed by atoms with Gasteiger partial charge in [0.2, 0.25) is 10.0 Å². The van der Waals surface area contributed by atoms with Crippen LogP contribution in [0, 0.1) is 0 Å². The average molecular weight is 398 g/mol. The molecule has 2 aromatic rings. The Bertz CT molecular complexity index is 979. The van der Waals surface area contributed by atoms with Crippen LogP contribution in [0.2, 0.25) is 5.02 Å². The standard InChI is InChI=1S/C17H16ClNO4S2/c18-15-6-8-16(9-7-15)25(22,23)17-12-19(13-17)24(20,21)11-10-14-4-2-1-3-5-14/h1-11,17H,12-13H2/b11-10+. The summed E-state index contributed by atoms with van der Waals surface area (Å²) in [7, 11) is -7.20. The Kier molecular flexibility index (Phi) is 5.02. The molecular weight excluding hydrogens is 382 g/mol. The number of halogens is 1. The zero-order valence-corrected chi connectivity index (χ0v) is 15.5. The highest BCUT2D eigenvalue weighted by Gasteiger charge is 2.42. The van der Waals surface area contributed by atoms with Gasteiger partial charge in [-0.3, -0.25) is 0 Å². The second-order valence-corrected chi connectivity index (χ2v) is 10.2. The Morgan fingerprint density at radius 3 is 2.12 bits per heavy atom. The topological polar surface area (TPSA) is 71.5 Å². The first-order valence-electron chi connectivity index (χ1n) is 7.52. The lowest BCUT2D eigenvalue weighted by molar-refractivity contribution is 0.313. The van der Waals surface area contributed by atoms with E-state index in [2.05, 4.69) is 0 Å². The Morgan fingerprint density at radius 2 is 1.52 bits per heavy atom. The maximum absolute atomic E-state index is 12.5. The van der Waals surface area contributed by atoms with Gasteiger partial charge in [-0.2, -0.15) is 4.31 Å². The summed E-state index contributed by atoms with van der Waals surface area (Å²) in [6, 6.07) is 14.9. The van der Waals surface area contributed by atoms with Crippen molar-refractivity contribution in [1.29, 1.82) is 0 Å². The van der Waals surface area contributed by atoms with Crippen LogP contribution in [0.5, 0.6) is 0 Å². The first-order chi connectivity index (χ1) is 11.8. The fourth-order valence-corrected chi connectivity index (χ4v) is 5.68. The summed E-state index contributed by atoms with van der Waals surface area (Å²) in [6.45, 7) is -0.0984. The Balaban J connectivity index is 1.69. The smallest absolute Gasteiger partial charge is 0.223 e. The molecular formula is C17H16ClNO4S2. The highest BCUT2D eigenvalue weighted by atomic mass is 35.5. The van der Waals surface area contributed by atoms with Crippen LogP contribution in [0.3, 0.4) is 0 Å². The highest BCUT2D eigenvalue weighted by molar-refractivity contribution is 7.93. The SMILES string of the molecule is O=S(=O)(c1ccc(Cl)cc1)C1CN(S(=O)(=O)/C=C/c2ccccc2)C1. The van der Waals surface area contributed by atoms with Crippen molar-refractivity contribution in [2.24, 2.45) is 0 Å². The predicted molar refractivity (Wildman–Crippen MR) is 98.4 cm³/mol. The molecule has 0 atom stereocenters. The van der Waals surface area contributed by atoms with Gasteiger partial charge in [-0.25, -0.2) is 16.8 Å². The zero-order chi connectivity index (χ0) is 18.1. The summed E-state index contributed by atoms with van der Waals surface area (Å²) in [6.07, 6.45) is 1.50. The fourth-order valence-electron chi connectivity index (χ4n) is 2.44. The van der Waals surface area contributed by atoms with E-state index in [1.807, 2.05) is 18.2 Å². The molecule has 3 rings (SSSR count). The van der Waals surface area contributed by atoms with E-state index >= 15 is 0 Å². The second-order valence-electron chi connectivity index (χ2n) is 5.70. The zero-order valence-electron chi connectivity index (χ0n) is 13.1. The minimum Gasteiger partial charge on any atom is -0.223 e. The van der Waals surface area contributed by atoms with Crippen LogP contribution in [0.15, 0.2) is 64.9 Å². The number of sulfone groups is 1. The van der Waals surface area contributed by atoms with E-state index in [4.69, 9.17) is 11.6 Å². The summed E-state index contributed by atoms with van der Waals surface area (Å²) in [4.78, 5) is 0.152. The van der Waals surface area contributed by atoms with Gasteiger partial charge in [-0.05, 0) is 35.9 Å². The van der Waals surface area contributed by atoms with Crippen LogP contribution in [0.4, 0.5) is 0 Å². The molecule has 0 spiro atoms. The number of hydrogen-bond acceptors (Lipinski definition) is 4. The molecule has 1 aliphatic rings. The van der Waals surface area contributed by atoms with Crippen LogP contribution in [-0.2, 0) is 19.9 Å². The molecule has 2 aromatic carbocycles. The number of nitrogens with zero attached hydrogens (tertiary/aromatic N) is 1. The number of benzene rings is 2. The lowest BCUT2D eigenvalue weighted by atomic mass is 10.2. The average Bonchev–Trinajstić information content (AvgIpc) is 2.52. The predicted octanol–water partition coefficient (Wildman–Crippen LogP) is 2.80. The van der Waals surface area contributed by atoms with Crippen molar-refractivity contribution in [1.82, 2.24) is 4.31 Å². The van der Waals surface area contributed by atoms with Gasteiger partial charge in [0.05, 0.1) is 10.1 Å². The van der Waals surface area contributed by atoms with E-state index in [0.717, 1.165) is 15.3 Å². The molecule has 8 heteroatoms. The van der Waals surface area contributed by atoms with Crippen molar-refractivity contribution >= 4 is 37.5 Å². The molecule has 0 amide bonds. The van der Waals surface area contributed by atoms with Crippen molar-refractivity contribution in [3.05, 3.63) is 70.6 Å². The summed E-state index contributed by atoms with van der Waals surface area (Å²) >= 11 is 5.77. The van der Waals surface area contributed by atoms with Crippen LogP contribution in [-0.4, -0.2) is 39.5 Å². The molecule has 1 heterocycles. The van der Waals surface area contributed by atoms with E-state index in [1.165, 1.54) is 30.3 Å². The first kappa shape index (κ1) is 18.1. The van der Waals surface area contributed by atoms with E-state index in [9.17, 15) is 16.8 Å². The van der Waals surface area contributed by atoms with E-state index in [0.29, 0.717) is 5.02 Å². The molecule has 0 radical (unpaired) electrons. The van der Waals surface area contributed by atoms with E-state index in [-0.39, 0.29) is 18.0 Å². The molecule has 25 heavy (non-hydrogen) atoms. The Hall–Kier alpha value is -1.67. The number of rotatable bonds is 5.